The first-order valence-electron chi connectivity index (χ1n) is 9.49. The van der Waals surface area contributed by atoms with Crippen LogP contribution in [0.25, 0.3) is 11.4 Å². The average Bonchev–Trinajstić information content (AvgIpc) is 3.17. The number of hydrogen-bond donors (Lipinski definition) is 0. The van der Waals surface area contributed by atoms with Crippen LogP contribution in [0.3, 0.4) is 0 Å². The number of pyridine rings is 1. The SMILES string of the molecule is Cc1cc(N2CCCC2CN(C)c2ccccc2)nc(-c2cccnc2)n1. The van der Waals surface area contributed by atoms with Gasteiger partial charge in [0.2, 0.25) is 0 Å². The van der Waals surface area contributed by atoms with E-state index in [1.807, 2.05) is 25.3 Å². The van der Waals surface area contributed by atoms with E-state index in [9.17, 15) is 0 Å². The van der Waals surface area contributed by atoms with Crippen molar-refractivity contribution in [2.75, 3.05) is 29.9 Å². The minimum atomic E-state index is 0.450. The van der Waals surface area contributed by atoms with E-state index in [0.717, 1.165) is 36.0 Å². The van der Waals surface area contributed by atoms with Crippen LogP contribution in [0.15, 0.2) is 60.9 Å². The number of aromatic nitrogens is 3. The number of rotatable bonds is 5. The van der Waals surface area contributed by atoms with Crippen molar-refractivity contribution < 1.29 is 0 Å². The zero-order valence-electron chi connectivity index (χ0n) is 15.9. The van der Waals surface area contributed by atoms with Gasteiger partial charge in [0.1, 0.15) is 5.82 Å². The highest BCUT2D eigenvalue weighted by atomic mass is 15.3. The highest BCUT2D eigenvalue weighted by Gasteiger charge is 2.27. The van der Waals surface area contributed by atoms with Gasteiger partial charge in [-0.3, -0.25) is 4.98 Å². The fraction of sp³-hybridized carbons (Fsp3) is 0.318. The predicted octanol–water partition coefficient (Wildman–Crippen LogP) is 3.95. The fourth-order valence-corrected chi connectivity index (χ4v) is 3.75. The van der Waals surface area contributed by atoms with Gasteiger partial charge in [-0.2, -0.15) is 0 Å². The van der Waals surface area contributed by atoms with Crippen LogP contribution in [-0.4, -0.2) is 41.1 Å². The summed E-state index contributed by atoms with van der Waals surface area (Å²) in [6, 6.07) is 17.0. The van der Waals surface area contributed by atoms with Gasteiger partial charge in [-0.25, -0.2) is 9.97 Å². The number of benzene rings is 1. The van der Waals surface area contributed by atoms with Crippen molar-refractivity contribution in [1.82, 2.24) is 15.0 Å². The van der Waals surface area contributed by atoms with Gasteiger partial charge in [0, 0.05) is 61.6 Å². The summed E-state index contributed by atoms with van der Waals surface area (Å²) in [5, 5.41) is 0. The molecule has 1 fully saturated rings. The lowest BCUT2D eigenvalue weighted by Gasteiger charge is -2.31. The Labute approximate surface area is 160 Å². The Morgan fingerprint density at radius 3 is 2.74 bits per heavy atom. The Kier molecular flexibility index (Phi) is 5.01. The summed E-state index contributed by atoms with van der Waals surface area (Å²) >= 11 is 0. The maximum atomic E-state index is 4.87. The van der Waals surface area contributed by atoms with E-state index in [0.29, 0.717) is 6.04 Å². The van der Waals surface area contributed by atoms with Crippen LogP contribution in [0.5, 0.6) is 0 Å². The molecule has 0 spiro atoms. The second kappa shape index (κ2) is 7.74. The Hall–Kier alpha value is -2.95. The lowest BCUT2D eigenvalue weighted by atomic mass is 10.2. The van der Waals surface area contributed by atoms with Crippen LogP contribution in [0.1, 0.15) is 18.5 Å². The van der Waals surface area contributed by atoms with E-state index >= 15 is 0 Å². The molecule has 1 atom stereocenters. The molecule has 0 bridgehead atoms. The number of nitrogens with zero attached hydrogens (tertiary/aromatic N) is 5. The van der Waals surface area contributed by atoms with Crippen molar-refractivity contribution in [1.29, 1.82) is 0 Å². The van der Waals surface area contributed by atoms with Crippen molar-refractivity contribution in [3.8, 4) is 11.4 Å². The monoisotopic (exact) mass is 359 g/mol. The Morgan fingerprint density at radius 2 is 1.96 bits per heavy atom. The highest BCUT2D eigenvalue weighted by molar-refractivity contribution is 5.57. The summed E-state index contributed by atoms with van der Waals surface area (Å²) in [5.74, 6) is 1.77. The molecule has 138 valence electrons. The molecule has 5 nitrogen and oxygen atoms in total. The molecule has 3 heterocycles. The normalized spacial score (nSPS) is 16.5. The number of aryl methyl sites for hydroxylation is 1. The lowest BCUT2D eigenvalue weighted by molar-refractivity contribution is 0.649. The summed E-state index contributed by atoms with van der Waals surface area (Å²) in [7, 11) is 2.16. The smallest absolute Gasteiger partial charge is 0.163 e. The summed E-state index contributed by atoms with van der Waals surface area (Å²) in [5.41, 5.74) is 3.19. The van der Waals surface area contributed by atoms with E-state index in [-0.39, 0.29) is 0 Å². The maximum absolute atomic E-state index is 4.87. The summed E-state index contributed by atoms with van der Waals surface area (Å²) < 4.78 is 0. The van der Waals surface area contributed by atoms with E-state index in [2.05, 4.69) is 63.2 Å². The molecule has 0 amide bonds. The Morgan fingerprint density at radius 1 is 1.11 bits per heavy atom. The van der Waals surface area contributed by atoms with Crippen LogP contribution in [0.4, 0.5) is 11.5 Å². The van der Waals surface area contributed by atoms with Gasteiger partial charge in [0.25, 0.3) is 0 Å². The van der Waals surface area contributed by atoms with Crippen molar-refractivity contribution >= 4 is 11.5 Å². The van der Waals surface area contributed by atoms with Crippen LogP contribution < -0.4 is 9.80 Å². The first kappa shape index (κ1) is 17.5. The van der Waals surface area contributed by atoms with E-state index < -0.39 is 0 Å². The second-order valence-corrected chi connectivity index (χ2v) is 7.14. The lowest BCUT2D eigenvalue weighted by Crippen LogP contribution is -2.39. The largest absolute Gasteiger partial charge is 0.373 e. The number of hydrogen-bond acceptors (Lipinski definition) is 5. The van der Waals surface area contributed by atoms with Crippen molar-refractivity contribution in [2.24, 2.45) is 0 Å². The molecule has 4 rings (SSSR count). The molecule has 1 aliphatic heterocycles. The molecule has 0 N–H and O–H groups in total. The van der Waals surface area contributed by atoms with Crippen molar-refractivity contribution in [3.63, 3.8) is 0 Å². The number of anilines is 2. The third-order valence-corrected chi connectivity index (χ3v) is 5.11. The minimum Gasteiger partial charge on any atom is -0.373 e. The molecular weight excluding hydrogens is 334 g/mol. The molecule has 0 aliphatic carbocycles. The Balaban J connectivity index is 1.58. The summed E-state index contributed by atoms with van der Waals surface area (Å²) in [6.45, 7) is 4.05. The van der Waals surface area contributed by atoms with Gasteiger partial charge >= 0.3 is 0 Å². The van der Waals surface area contributed by atoms with Gasteiger partial charge in [0.15, 0.2) is 5.82 Å². The van der Waals surface area contributed by atoms with Crippen molar-refractivity contribution in [2.45, 2.75) is 25.8 Å². The van der Waals surface area contributed by atoms with Crippen LogP contribution >= 0.6 is 0 Å². The molecule has 27 heavy (non-hydrogen) atoms. The molecule has 1 saturated heterocycles. The van der Waals surface area contributed by atoms with Gasteiger partial charge in [-0.05, 0) is 44.0 Å². The third kappa shape index (κ3) is 3.92. The molecule has 1 aliphatic rings. The fourth-order valence-electron chi connectivity index (χ4n) is 3.75. The minimum absolute atomic E-state index is 0.450. The standard InChI is InChI=1S/C22H25N5/c1-17-14-21(25-22(24-17)18-8-6-12-23-15-18)27-13-7-11-20(27)16-26(2)19-9-4-3-5-10-19/h3-6,8-10,12,14-15,20H,7,11,13,16H2,1-2H3. The van der Waals surface area contributed by atoms with Gasteiger partial charge in [0.05, 0.1) is 0 Å². The van der Waals surface area contributed by atoms with Gasteiger partial charge in [-0.1, -0.05) is 18.2 Å². The zero-order chi connectivity index (χ0) is 18.6. The quantitative estimate of drug-likeness (QED) is 0.690. The molecule has 1 unspecified atom stereocenters. The van der Waals surface area contributed by atoms with Gasteiger partial charge in [-0.15, -0.1) is 0 Å². The summed E-state index contributed by atoms with van der Waals surface area (Å²) in [6.07, 6.45) is 5.97. The van der Waals surface area contributed by atoms with Crippen molar-refractivity contribution in [3.05, 3.63) is 66.6 Å². The summed E-state index contributed by atoms with van der Waals surface area (Å²) in [4.78, 5) is 18.5. The highest BCUT2D eigenvalue weighted by Crippen LogP contribution is 2.27. The van der Waals surface area contributed by atoms with E-state index in [1.165, 1.54) is 18.5 Å². The topological polar surface area (TPSA) is 45.2 Å². The molecule has 0 saturated carbocycles. The molecule has 3 aromatic rings. The second-order valence-electron chi connectivity index (χ2n) is 7.14. The van der Waals surface area contributed by atoms with E-state index in [1.54, 1.807) is 6.20 Å². The molecule has 5 heteroatoms. The van der Waals surface area contributed by atoms with E-state index in [4.69, 9.17) is 4.98 Å². The molecule has 0 radical (unpaired) electrons. The van der Waals surface area contributed by atoms with Gasteiger partial charge < -0.3 is 9.80 Å². The molecule has 1 aromatic carbocycles. The predicted molar refractivity (Wildman–Crippen MR) is 110 cm³/mol. The Bertz CT molecular complexity index is 882. The average molecular weight is 359 g/mol. The first-order chi connectivity index (χ1) is 13.2. The first-order valence-corrected chi connectivity index (χ1v) is 9.49. The van der Waals surface area contributed by atoms with Crippen LogP contribution in [0.2, 0.25) is 0 Å². The number of para-hydroxylation sites is 1. The number of likely N-dealkylation sites (N-methyl/N-ethyl adjacent to an activating group) is 1. The molecule has 2 aromatic heterocycles. The molecular formula is C22H25N5. The van der Waals surface area contributed by atoms with Crippen LogP contribution in [-0.2, 0) is 0 Å². The zero-order valence-corrected chi connectivity index (χ0v) is 15.9. The maximum Gasteiger partial charge on any atom is 0.163 e. The van der Waals surface area contributed by atoms with Crippen LogP contribution in [0, 0.1) is 6.92 Å². The third-order valence-electron chi connectivity index (χ3n) is 5.11.